The first-order valence-electron chi connectivity index (χ1n) is 11.2. The van der Waals surface area contributed by atoms with Gasteiger partial charge in [-0.15, -0.1) is 0 Å². The Morgan fingerprint density at radius 2 is 1.69 bits per heavy atom. The lowest BCUT2D eigenvalue weighted by molar-refractivity contribution is -0.138. The van der Waals surface area contributed by atoms with E-state index in [9.17, 15) is 40.6 Å². The molecule has 0 radical (unpaired) electrons. The van der Waals surface area contributed by atoms with Crippen molar-refractivity contribution in [2.75, 3.05) is 5.32 Å². The second-order valence-electron chi connectivity index (χ2n) is 9.35. The zero-order chi connectivity index (χ0) is 26.9. The van der Waals surface area contributed by atoms with E-state index in [1.54, 1.807) is 0 Å². The number of carbonyl (C=O) groups is 1. The lowest BCUT2D eigenvalue weighted by atomic mass is 9.77. The van der Waals surface area contributed by atoms with Gasteiger partial charge in [0.2, 0.25) is 5.91 Å². The molecule has 1 amide bonds. The van der Waals surface area contributed by atoms with Gasteiger partial charge >= 0.3 is 12.4 Å². The van der Waals surface area contributed by atoms with Gasteiger partial charge in [0.25, 0.3) is 0 Å². The molecule has 2 aromatic rings. The number of carbonyl (C=O) groups excluding carboxylic acids is 1. The molecular formula is C26H24F7NO2. The summed E-state index contributed by atoms with van der Waals surface area (Å²) in [5.74, 6) is 2.11. The van der Waals surface area contributed by atoms with Crippen molar-refractivity contribution in [1.82, 2.24) is 0 Å². The molecule has 3 nitrogen and oxygen atoms in total. The number of alkyl halides is 6. The quantitative estimate of drug-likeness (QED) is 0.345. The van der Waals surface area contributed by atoms with Gasteiger partial charge in [-0.05, 0) is 74.9 Å². The topological polar surface area (TPSA) is 49.3 Å². The van der Waals surface area contributed by atoms with Gasteiger partial charge in [-0.25, -0.2) is 4.39 Å². The summed E-state index contributed by atoms with van der Waals surface area (Å²) in [5, 5.41) is 12.1. The monoisotopic (exact) mass is 515 g/mol. The second kappa shape index (κ2) is 10.1. The Hall–Kier alpha value is -3.06. The zero-order valence-corrected chi connectivity index (χ0v) is 19.4. The van der Waals surface area contributed by atoms with E-state index < -0.39 is 46.7 Å². The summed E-state index contributed by atoms with van der Waals surface area (Å²) in [6.45, 7) is 2.70. The van der Waals surface area contributed by atoms with E-state index in [-0.39, 0.29) is 23.6 Å². The van der Waals surface area contributed by atoms with Crippen molar-refractivity contribution in [3.05, 3.63) is 64.5 Å². The number of rotatable bonds is 3. The van der Waals surface area contributed by atoms with Gasteiger partial charge in [0, 0.05) is 11.5 Å². The van der Waals surface area contributed by atoms with Crippen LogP contribution in [0.5, 0.6) is 0 Å². The van der Waals surface area contributed by atoms with Gasteiger partial charge in [-0.2, -0.15) is 26.3 Å². The Morgan fingerprint density at radius 3 is 2.28 bits per heavy atom. The molecule has 0 bridgehead atoms. The molecule has 2 aromatic carbocycles. The summed E-state index contributed by atoms with van der Waals surface area (Å²) in [5.41, 5.74) is -3.75. The molecule has 2 unspecified atom stereocenters. The number of anilines is 1. The maximum atomic E-state index is 14.1. The first kappa shape index (κ1) is 27.5. The van der Waals surface area contributed by atoms with Crippen LogP contribution >= 0.6 is 0 Å². The molecule has 0 aliphatic heterocycles. The van der Waals surface area contributed by atoms with Crippen molar-refractivity contribution in [2.45, 2.75) is 63.4 Å². The van der Waals surface area contributed by atoms with Crippen molar-refractivity contribution in [2.24, 2.45) is 5.92 Å². The second-order valence-corrected chi connectivity index (χ2v) is 9.35. The number of amides is 1. The van der Waals surface area contributed by atoms with Crippen molar-refractivity contribution in [3.8, 4) is 11.8 Å². The number of halogens is 7. The fraction of sp³-hybridized carbons (Fsp3) is 0.423. The molecule has 36 heavy (non-hydrogen) atoms. The minimum absolute atomic E-state index is 0.262. The molecule has 0 heterocycles. The Bertz CT molecular complexity index is 1180. The van der Waals surface area contributed by atoms with E-state index >= 15 is 0 Å². The van der Waals surface area contributed by atoms with E-state index in [0.717, 1.165) is 12.1 Å². The number of aliphatic hydroxyl groups is 1. The summed E-state index contributed by atoms with van der Waals surface area (Å²) < 4.78 is 92.8. The van der Waals surface area contributed by atoms with Crippen LogP contribution in [0, 0.1) is 23.6 Å². The van der Waals surface area contributed by atoms with Crippen molar-refractivity contribution in [1.29, 1.82) is 0 Å². The van der Waals surface area contributed by atoms with Crippen LogP contribution < -0.4 is 5.32 Å². The van der Waals surface area contributed by atoms with Gasteiger partial charge in [-0.3, -0.25) is 4.79 Å². The van der Waals surface area contributed by atoms with E-state index in [1.165, 1.54) is 26.0 Å². The molecule has 2 N–H and O–H groups in total. The molecule has 1 saturated carbocycles. The van der Waals surface area contributed by atoms with Crippen LogP contribution in [0.15, 0.2) is 36.4 Å². The van der Waals surface area contributed by atoms with Crippen LogP contribution in [0.1, 0.15) is 67.7 Å². The first-order valence-corrected chi connectivity index (χ1v) is 11.2. The average molecular weight is 515 g/mol. The Morgan fingerprint density at radius 1 is 1.00 bits per heavy atom. The Kier molecular flexibility index (Phi) is 7.75. The molecule has 2 atom stereocenters. The fourth-order valence-electron chi connectivity index (χ4n) is 4.14. The third-order valence-electron chi connectivity index (χ3n) is 5.92. The van der Waals surface area contributed by atoms with Gasteiger partial charge in [-0.1, -0.05) is 24.3 Å². The normalized spacial score (nSPS) is 18.8. The maximum Gasteiger partial charge on any atom is 0.417 e. The molecule has 0 spiro atoms. The fourth-order valence-corrected chi connectivity index (χ4v) is 4.14. The van der Waals surface area contributed by atoms with E-state index in [0.29, 0.717) is 37.0 Å². The van der Waals surface area contributed by atoms with Crippen LogP contribution in [0.3, 0.4) is 0 Å². The highest BCUT2D eigenvalue weighted by atomic mass is 19.4. The number of nitrogens with one attached hydrogen (secondary N) is 1. The lowest BCUT2D eigenvalue weighted by Gasteiger charge is -2.29. The average Bonchev–Trinajstić information content (AvgIpc) is 2.77. The molecule has 1 aliphatic carbocycles. The van der Waals surface area contributed by atoms with Gasteiger partial charge in [0.05, 0.1) is 16.8 Å². The SMILES string of the molecule is CC(C)(O)C#Cc1cc(C2CCCC(C(=O)Nc3ccc(C(F)(F)F)cc3F)C2)ccc1C(F)(F)F. The lowest BCUT2D eigenvalue weighted by Crippen LogP contribution is -2.28. The number of hydrogen-bond donors (Lipinski definition) is 2. The molecular weight excluding hydrogens is 491 g/mol. The largest absolute Gasteiger partial charge is 0.417 e. The maximum absolute atomic E-state index is 14.1. The molecule has 10 heteroatoms. The van der Waals surface area contributed by atoms with Gasteiger partial charge in [0.1, 0.15) is 11.4 Å². The third-order valence-corrected chi connectivity index (χ3v) is 5.92. The molecule has 194 valence electrons. The standard InChI is InChI=1S/C26H24F7NO2/c1-24(2,36)11-10-17-12-16(6-8-20(17)26(31,32)33)15-4-3-5-18(13-15)23(35)34-22-9-7-19(14-21(22)27)25(28,29)30/h6-9,12,14-15,18,36H,3-5,13H2,1-2H3,(H,34,35). The molecule has 0 aromatic heterocycles. The zero-order valence-electron chi connectivity index (χ0n) is 19.4. The highest BCUT2D eigenvalue weighted by molar-refractivity contribution is 5.92. The first-order chi connectivity index (χ1) is 16.5. The summed E-state index contributed by atoms with van der Waals surface area (Å²) in [6, 6.07) is 5.38. The van der Waals surface area contributed by atoms with Gasteiger partial charge in [0.15, 0.2) is 0 Å². The third kappa shape index (κ3) is 7.00. The van der Waals surface area contributed by atoms with E-state index in [1.807, 2.05) is 0 Å². The summed E-state index contributed by atoms with van der Waals surface area (Å²) >= 11 is 0. The van der Waals surface area contributed by atoms with Crippen LogP contribution in [0.2, 0.25) is 0 Å². The Labute approximate surface area is 203 Å². The highest BCUT2D eigenvalue weighted by Gasteiger charge is 2.35. The highest BCUT2D eigenvalue weighted by Crippen LogP contribution is 2.40. The number of benzene rings is 2. The minimum atomic E-state index is -4.72. The smallest absolute Gasteiger partial charge is 0.378 e. The van der Waals surface area contributed by atoms with E-state index in [4.69, 9.17) is 0 Å². The van der Waals surface area contributed by atoms with Crippen molar-refractivity contribution in [3.63, 3.8) is 0 Å². The summed E-state index contributed by atoms with van der Waals surface area (Å²) in [7, 11) is 0. The summed E-state index contributed by atoms with van der Waals surface area (Å²) in [6.07, 6.45) is -7.50. The van der Waals surface area contributed by atoms with Gasteiger partial charge < -0.3 is 10.4 Å². The molecule has 0 saturated heterocycles. The molecule has 1 aliphatic rings. The van der Waals surface area contributed by atoms with E-state index in [2.05, 4.69) is 17.2 Å². The predicted molar refractivity (Wildman–Crippen MR) is 119 cm³/mol. The number of hydrogen-bond acceptors (Lipinski definition) is 2. The van der Waals surface area contributed by atoms with Crippen LogP contribution in [-0.2, 0) is 17.1 Å². The predicted octanol–water partition coefficient (Wildman–Crippen LogP) is 6.90. The molecule has 3 rings (SSSR count). The summed E-state index contributed by atoms with van der Waals surface area (Å²) in [4.78, 5) is 12.7. The van der Waals surface area contributed by atoms with Crippen LogP contribution in [0.25, 0.3) is 0 Å². The minimum Gasteiger partial charge on any atom is -0.378 e. The van der Waals surface area contributed by atoms with Crippen molar-refractivity contribution >= 4 is 11.6 Å². The van der Waals surface area contributed by atoms with Crippen molar-refractivity contribution < 1.29 is 40.6 Å². The van der Waals surface area contributed by atoms with Crippen LogP contribution in [0.4, 0.5) is 36.4 Å². The molecule has 1 fully saturated rings. The Balaban J connectivity index is 1.80. The van der Waals surface area contributed by atoms with Crippen LogP contribution in [-0.4, -0.2) is 16.6 Å².